The van der Waals surface area contributed by atoms with Gasteiger partial charge in [-0.25, -0.2) is 0 Å². The van der Waals surface area contributed by atoms with E-state index in [-0.39, 0.29) is 0 Å². The third kappa shape index (κ3) is 2.50. The highest BCUT2D eigenvalue weighted by Gasteiger charge is 2.06. The van der Waals surface area contributed by atoms with Gasteiger partial charge < -0.3 is 9.47 Å². The molecule has 1 aromatic carbocycles. The highest BCUT2D eigenvalue weighted by molar-refractivity contribution is 6.32. The minimum atomic E-state index is 0.401. The van der Waals surface area contributed by atoms with Crippen LogP contribution in [0.5, 0.6) is 11.5 Å². The van der Waals surface area contributed by atoms with E-state index in [1.807, 2.05) is 0 Å². The Kier molecular flexibility index (Phi) is 4.18. The highest BCUT2D eigenvalue weighted by atomic mass is 35.5. The summed E-state index contributed by atoms with van der Waals surface area (Å²) in [7, 11) is 3.09. The molecule has 0 amide bonds. The fraction of sp³-hybridized carbons (Fsp3) is 0.182. The number of halogens is 1. The number of rotatable bonds is 4. The van der Waals surface area contributed by atoms with Crippen LogP contribution in [0.15, 0.2) is 23.7 Å². The summed E-state index contributed by atoms with van der Waals surface area (Å²) in [5.74, 6) is 1.17. The van der Waals surface area contributed by atoms with Crippen molar-refractivity contribution in [3.63, 3.8) is 0 Å². The lowest BCUT2D eigenvalue weighted by Gasteiger charge is -2.08. The fourth-order valence-corrected chi connectivity index (χ4v) is 1.35. The molecule has 15 heavy (non-hydrogen) atoms. The lowest BCUT2D eigenvalue weighted by atomic mass is 10.1. The number of methoxy groups -OCH3 is 2. The van der Waals surface area contributed by atoms with Crippen LogP contribution in [0.3, 0.4) is 0 Å². The molecule has 4 heteroatoms. The summed E-state index contributed by atoms with van der Waals surface area (Å²) in [6, 6.07) is 5.16. The van der Waals surface area contributed by atoms with E-state index in [2.05, 4.69) is 0 Å². The predicted octanol–water partition coefficient (Wildman–Crippen LogP) is 2.48. The summed E-state index contributed by atoms with van der Waals surface area (Å²) in [4.78, 5) is 10.7. The Morgan fingerprint density at radius 2 is 1.93 bits per heavy atom. The summed E-state index contributed by atoms with van der Waals surface area (Å²) in [6.45, 7) is 0. The molecule has 1 aromatic rings. The van der Waals surface area contributed by atoms with Crippen LogP contribution in [0.1, 0.15) is 5.56 Å². The molecule has 0 N–H and O–H groups in total. The van der Waals surface area contributed by atoms with Gasteiger partial charge in [0.1, 0.15) is 0 Å². The Morgan fingerprint density at radius 1 is 1.27 bits per heavy atom. The average molecular weight is 227 g/mol. The molecule has 0 saturated heterocycles. The fourth-order valence-electron chi connectivity index (χ4n) is 1.17. The minimum absolute atomic E-state index is 0.401. The van der Waals surface area contributed by atoms with Crippen LogP contribution >= 0.6 is 11.6 Å². The second-order valence-corrected chi connectivity index (χ2v) is 2.97. The van der Waals surface area contributed by atoms with E-state index in [0.717, 1.165) is 0 Å². The molecule has 0 aliphatic heterocycles. The molecular weight excluding hydrogens is 216 g/mol. The van der Waals surface area contributed by atoms with Crippen LogP contribution in [0, 0.1) is 0 Å². The quantitative estimate of drug-likeness (QED) is 0.585. The van der Waals surface area contributed by atoms with Gasteiger partial charge in [0.05, 0.1) is 14.2 Å². The molecule has 0 saturated carbocycles. The molecule has 0 radical (unpaired) electrons. The van der Waals surface area contributed by atoms with Gasteiger partial charge >= 0.3 is 0 Å². The van der Waals surface area contributed by atoms with Gasteiger partial charge in [0.2, 0.25) is 0 Å². The molecule has 0 unspecified atom stereocenters. The summed E-state index contributed by atoms with van der Waals surface area (Å²) < 4.78 is 10.2. The van der Waals surface area contributed by atoms with Crippen molar-refractivity contribution in [2.24, 2.45) is 0 Å². The van der Waals surface area contributed by atoms with E-state index in [1.165, 1.54) is 12.6 Å². The molecule has 0 fully saturated rings. The monoisotopic (exact) mass is 226 g/mol. The van der Waals surface area contributed by atoms with Crippen molar-refractivity contribution in [3.8, 4) is 11.5 Å². The molecule has 3 nitrogen and oxygen atoms in total. The number of carbonyl (C=O) groups excluding carboxylic acids is 1. The summed E-state index contributed by atoms with van der Waals surface area (Å²) in [6.07, 6.45) is 0.689. The van der Waals surface area contributed by atoms with Crippen LogP contribution in [0.2, 0.25) is 0 Å². The van der Waals surface area contributed by atoms with Gasteiger partial charge in [-0.1, -0.05) is 17.7 Å². The Morgan fingerprint density at radius 3 is 2.40 bits per heavy atom. The van der Waals surface area contributed by atoms with Crippen molar-refractivity contribution >= 4 is 23.5 Å². The molecule has 0 aliphatic rings. The molecule has 0 spiro atoms. The summed E-state index contributed by atoms with van der Waals surface area (Å²) in [5, 5.41) is 0. The second kappa shape index (κ2) is 5.41. The third-order valence-corrected chi connectivity index (χ3v) is 2.20. The first-order chi connectivity index (χ1) is 7.26. The van der Waals surface area contributed by atoms with Gasteiger partial charge in [0.15, 0.2) is 17.8 Å². The topological polar surface area (TPSA) is 35.5 Å². The van der Waals surface area contributed by atoms with E-state index in [0.29, 0.717) is 28.9 Å². The summed E-state index contributed by atoms with van der Waals surface area (Å²) >= 11 is 5.51. The SMILES string of the molecule is COc1ccc(/C(C=O)=C/Cl)cc1OC. The van der Waals surface area contributed by atoms with Crippen molar-refractivity contribution in [2.45, 2.75) is 0 Å². The molecule has 0 atom stereocenters. The summed E-state index contributed by atoms with van der Waals surface area (Å²) in [5.41, 5.74) is 2.32. The van der Waals surface area contributed by atoms with Crippen LogP contribution < -0.4 is 9.47 Å². The zero-order chi connectivity index (χ0) is 11.3. The number of aldehydes is 1. The van der Waals surface area contributed by atoms with E-state index in [1.54, 1.807) is 25.3 Å². The van der Waals surface area contributed by atoms with Crippen molar-refractivity contribution < 1.29 is 14.3 Å². The first kappa shape index (κ1) is 11.6. The maximum atomic E-state index is 10.7. The number of benzene rings is 1. The van der Waals surface area contributed by atoms with E-state index >= 15 is 0 Å². The second-order valence-electron chi connectivity index (χ2n) is 2.75. The van der Waals surface area contributed by atoms with Crippen molar-refractivity contribution in [1.29, 1.82) is 0 Å². The Bertz CT molecular complexity index is 385. The van der Waals surface area contributed by atoms with Gasteiger partial charge in [-0.15, -0.1) is 0 Å². The first-order valence-corrected chi connectivity index (χ1v) is 4.68. The number of hydrogen-bond donors (Lipinski definition) is 0. The van der Waals surface area contributed by atoms with Crippen LogP contribution in [0.4, 0.5) is 0 Å². The zero-order valence-electron chi connectivity index (χ0n) is 8.49. The van der Waals surface area contributed by atoms with Crippen molar-refractivity contribution in [2.75, 3.05) is 14.2 Å². The van der Waals surface area contributed by atoms with E-state index in [9.17, 15) is 4.79 Å². The first-order valence-electron chi connectivity index (χ1n) is 4.24. The maximum absolute atomic E-state index is 10.7. The van der Waals surface area contributed by atoms with Crippen LogP contribution in [-0.4, -0.2) is 20.5 Å². The predicted molar refractivity (Wildman–Crippen MR) is 59.4 cm³/mol. The number of allylic oxidation sites excluding steroid dienone is 1. The van der Waals surface area contributed by atoms with Crippen LogP contribution in [-0.2, 0) is 4.79 Å². The van der Waals surface area contributed by atoms with Crippen LogP contribution in [0.25, 0.3) is 5.57 Å². The number of hydrogen-bond acceptors (Lipinski definition) is 3. The van der Waals surface area contributed by atoms with Crippen molar-refractivity contribution in [1.82, 2.24) is 0 Å². The highest BCUT2D eigenvalue weighted by Crippen LogP contribution is 2.29. The zero-order valence-corrected chi connectivity index (χ0v) is 9.25. The molecule has 0 aromatic heterocycles. The largest absolute Gasteiger partial charge is 0.493 e. The maximum Gasteiger partial charge on any atom is 0.161 e. The number of carbonyl (C=O) groups is 1. The van der Waals surface area contributed by atoms with Gasteiger partial charge in [-0.3, -0.25) is 4.79 Å². The Hall–Kier alpha value is -1.48. The minimum Gasteiger partial charge on any atom is -0.493 e. The lowest BCUT2D eigenvalue weighted by molar-refractivity contribution is -0.103. The van der Waals surface area contributed by atoms with Gasteiger partial charge in [-0.2, -0.15) is 0 Å². The molecule has 1 rings (SSSR count). The van der Waals surface area contributed by atoms with Gasteiger partial charge in [0.25, 0.3) is 0 Å². The van der Waals surface area contributed by atoms with Crippen molar-refractivity contribution in [3.05, 3.63) is 29.3 Å². The molecule has 0 bridgehead atoms. The molecule has 80 valence electrons. The van der Waals surface area contributed by atoms with Gasteiger partial charge in [-0.05, 0) is 17.7 Å². The number of ether oxygens (including phenoxy) is 2. The standard InChI is InChI=1S/C11H11ClO3/c1-14-10-4-3-8(5-11(10)15-2)9(6-12)7-13/h3-7H,1-2H3/b9-6+. The molecular formula is C11H11ClO3. The Balaban J connectivity index is 3.18. The molecule has 0 heterocycles. The normalized spacial score (nSPS) is 11.0. The molecule has 0 aliphatic carbocycles. The van der Waals surface area contributed by atoms with E-state index < -0.39 is 0 Å². The van der Waals surface area contributed by atoms with Gasteiger partial charge in [0, 0.05) is 11.1 Å². The Labute approximate surface area is 93.3 Å². The lowest BCUT2D eigenvalue weighted by Crippen LogP contribution is -1.92. The van der Waals surface area contributed by atoms with E-state index in [4.69, 9.17) is 21.1 Å². The average Bonchev–Trinajstić information content (AvgIpc) is 2.30. The third-order valence-electron chi connectivity index (χ3n) is 1.96. The smallest absolute Gasteiger partial charge is 0.161 e.